The van der Waals surface area contributed by atoms with Crippen LogP contribution in [-0.4, -0.2) is 68.4 Å². The summed E-state index contributed by atoms with van der Waals surface area (Å²) in [6.07, 6.45) is 0.797. The van der Waals surface area contributed by atoms with Crippen LogP contribution in [0.4, 0.5) is 5.69 Å². The van der Waals surface area contributed by atoms with E-state index in [4.69, 9.17) is 14.2 Å². The Balaban J connectivity index is 1.62. The minimum Gasteiger partial charge on any atom is -0.495 e. The van der Waals surface area contributed by atoms with Gasteiger partial charge in [0.25, 0.3) is 5.91 Å². The van der Waals surface area contributed by atoms with Crippen LogP contribution < -0.4 is 10.1 Å². The molecule has 1 saturated heterocycles. The number of esters is 1. The lowest BCUT2D eigenvalue weighted by Gasteiger charge is -2.27. The normalized spacial score (nSPS) is 14.3. The third kappa shape index (κ3) is 5.11. The van der Waals surface area contributed by atoms with Crippen LogP contribution in [0.1, 0.15) is 27.3 Å². The number of nitrogens with zero attached hydrogens (tertiary/aromatic N) is 2. The summed E-state index contributed by atoms with van der Waals surface area (Å²) in [6, 6.07) is 7.69. The van der Waals surface area contributed by atoms with E-state index >= 15 is 0 Å². The molecule has 0 radical (unpaired) electrons. The van der Waals surface area contributed by atoms with Crippen molar-refractivity contribution in [2.45, 2.75) is 26.3 Å². The molecule has 0 bridgehead atoms. The Morgan fingerprint density at radius 2 is 1.94 bits per heavy atom. The van der Waals surface area contributed by atoms with E-state index in [0.29, 0.717) is 12.0 Å². The number of nitrogens with one attached hydrogen (secondary N) is 1. The molecule has 1 N–H and O–H groups in total. The molecule has 3 heterocycles. The van der Waals surface area contributed by atoms with E-state index in [0.717, 1.165) is 72.3 Å². The van der Waals surface area contributed by atoms with E-state index in [2.05, 4.69) is 14.8 Å². The number of rotatable bonds is 9. The number of fused-ring (bicyclic) bond motifs is 1. The maximum atomic E-state index is 13.5. The molecule has 0 spiro atoms. The van der Waals surface area contributed by atoms with Gasteiger partial charge < -0.3 is 24.1 Å². The molecule has 8 nitrogen and oxygen atoms in total. The van der Waals surface area contributed by atoms with E-state index < -0.39 is 0 Å². The highest BCUT2D eigenvalue weighted by Gasteiger charge is 2.24. The van der Waals surface area contributed by atoms with E-state index in [1.807, 2.05) is 36.6 Å². The Bertz CT molecular complexity index is 1160. The Hall–Kier alpha value is -2.88. The van der Waals surface area contributed by atoms with Crippen molar-refractivity contribution in [1.29, 1.82) is 0 Å². The van der Waals surface area contributed by atoms with Crippen LogP contribution in [0.25, 0.3) is 10.9 Å². The van der Waals surface area contributed by atoms with Gasteiger partial charge in [-0.15, -0.1) is 11.3 Å². The Labute approximate surface area is 203 Å². The molecule has 1 aliphatic heterocycles. The van der Waals surface area contributed by atoms with Crippen molar-refractivity contribution in [1.82, 2.24) is 9.47 Å². The molecule has 3 aromatic rings. The number of morpholine rings is 1. The van der Waals surface area contributed by atoms with Crippen LogP contribution in [0.2, 0.25) is 0 Å². The number of methoxy groups -OCH3 is 2. The van der Waals surface area contributed by atoms with Crippen molar-refractivity contribution in [2.75, 3.05) is 52.4 Å². The molecule has 0 atom stereocenters. The molecule has 1 fully saturated rings. The first-order chi connectivity index (χ1) is 16.5. The molecule has 9 heteroatoms. The lowest BCUT2D eigenvalue weighted by atomic mass is 10.1. The summed E-state index contributed by atoms with van der Waals surface area (Å²) in [5, 5.41) is 5.86. The first-order valence-electron chi connectivity index (χ1n) is 11.4. The molecule has 0 saturated carbocycles. The van der Waals surface area contributed by atoms with E-state index in [1.165, 1.54) is 18.4 Å². The number of carbonyl (C=O) groups is 2. The number of ether oxygens (including phenoxy) is 3. The molecule has 1 aromatic carbocycles. The summed E-state index contributed by atoms with van der Waals surface area (Å²) >= 11 is 1.52. The quantitative estimate of drug-likeness (QED) is 0.466. The Morgan fingerprint density at radius 3 is 2.68 bits per heavy atom. The average molecular weight is 486 g/mol. The van der Waals surface area contributed by atoms with Gasteiger partial charge in [-0.3, -0.25) is 14.5 Å². The van der Waals surface area contributed by atoms with Crippen LogP contribution in [0, 0.1) is 6.92 Å². The number of thiophene rings is 1. The summed E-state index contributed by atoms with van der Waals surface area (Å²) in [5.41, 5.74) is 3.20. The summed E-state index contributed by atoms with van der Waals surface area (Å²) in [5.74, 6) is 0.312. The van der Waals surface area contributed by atoms with Crippen molar-refractivity contribution in [3.8, 4) is 5.75 Å². The molecule has 34 heavy (non-hydrogen) atoms. The highest BCUT2D eigenvalue weighted by molar-refractivity contribution is 7.10. The van der Waals surface area contributed by atoms with Crippen molar-refractivity contribution in [2.24, 2.45) is 0 Å². The van der Waals surface area contributed by atoms with Crippen LogP contribution in [0.5, 0.6) is 5.75 Å². The zero-order valence-electron chi connectivity index (χ0n) is 19.9. The third-order valence-corrected chi connectivity index (χ3v) is 7.25. The lowest BCUT2D eigenvalue weighted by molar-refractivity contribution is -0.140. The number of amides is 1. The van der Waals surface area contributed by atoms with Gasteiger partial charge in [0.15, 0.2) is 0 Å². The van der Waals surface area contributed by atoms with Gasteiger partial charge in [0.1, 0.15) is 5.75 Å². The maximum Gasteiger partial charge on any atom is 0.305 e. The minimum atomic E-state index is -0.267. The van der Waals surface area contributed by atoms with E-state index in [1.54, 1.807) is 7.11 Å². The minimum absolute atomic E-state index is 0.168. The molecule has 0 aliphatic carbocycles. The lowest BCUT2D eigenvalue weighted by Crippen LogP contribution is -2.38. The summed E-state index contributed by atoms with van der Waals surface area (Å²) in [4.78, 5) is 28.4. The second-order valence-electron chi connectivity index (χ2n) is 8.21. The highest BCUT2D eigenvalue weighted by Crippen LogP contribution is 2.34. The number of hydrogen-bond donors (Lipinski definition) is 1. The number of carbonyl (C=O) groups excluding carboxylic acids is 2. The zero-order valence-corrected chi connectivity index (χ0v) is 20.7. The monoisotopic (exact) mass is 485 g/mol. The van der Waals surface area contributed by atoms with Crippen molar-refractivity contribution >= 4 is 39.8 Å². The topological polar surface area (TPSA) is 82.0 Å². The molecule has 2 aromatic heterocycles. The molecule has 0 unspecified atom stereocenters. The predicted molar refractivity (Wildman–Crippen MR) is 133 cm³/mol. The largest absolute Gasteiger partial charge is 0.495 e. The second kappa shape index (κ2) is 11.0. The van der Waals surface area contributed by atoms with Gasteiger partial charge >= 0.3 is 5.97 Å². The van der Waals surface area contributed by atoms with Gasteiger partial charge in [-0.05, 0) is 30.9 Å². The van der Waals surface area contributed by atoms with Gasteiger partial charge in [0.2, 0.25) is 0 Å². The molecule has 4 rings (SSSR count). The summed E-state index contributed by atoms with van der Waals surface area (Å²) in [7, 11) is 3.04. The predicted octanol–water partition coefficient (Wildman–Crippen LogP) is 3.71. The SMILES string of the molecule is COC(=O)CCc1sccc1NC(=O)c1c(C)n(CCN2CCOCC2)c2c(OC)cccc12. The number of anilines is 1. The van der Waals surface area contributed by atoms with Crippen LogP contribution in [0.15, 0.2) is 29.6 Å². The van der Waals surface area contributed by atoms with Crippen molar-refractivity contribution < 1.29 is 23.8 Å². The van der Waals surface area contributed by atoms with Gasteiger partial charge in [-0.1, -0.05) is 12.1 Å². The number of para-hydroxylation sites is 1. The van der Waals surface area contributed by atoms with E-state index in [-0.39, 0.29) is 18.3 Å². The molecule has 182 valence electrons. The summed E-state index contributed by atoms with van der Waals surface area (Å²) < 4.78 is 18.1. The summed E-state index contributed by atoms with van der Waals surface area (Å²) in [6.45, 7) is 6.93. The van der Waals surface area contributed by atoms with Gasteiger partial charge in [-0.2, -0.15) is 0 Å². The average Bonchev–Trinajstić information content (AvgIpc) is 3.42. The molecular formula is C25H31N3O5S. The third-order valence-electron chi connectivity index (χ3n) is 6.27. The first kappa shape index (κ1) is 24.3. The number of aromatic nitrogens is 1. The van der Waals surface area contributed by atoms with Gasteiger partial charge in [-0.25, -0.2) is 0 Å². The molecule has 1 aliphatic rings. The number of aryl methyl sites for hydroxylation is 1. The molecular weight excluding hydrogens is 454 g/mol. The maximum absolute atomic E-state index is 13.5. The van der Waals surface area contributed by atoms with E-state index in [9.17, 15) is 9.59 Å². The highest BCUT2D eigenvalue weighted by atomic mass is 32.1. The van der Waals surface area contributed by atoms with Gasteiger partial charge in [0, 0.05) is 42.1 Å². The fraction of sp³-hybridized carbons (Fsp3) is 0.440. The van der Waals surface area contributed by atoms with Crippen LogP contribution in [-0.2, 0) is 27.2 Å². The van der Waals surface area contributed by atoms with Crippen LogP contribution >= 0.6 is 11.3 Å². The van der Waals surface area contributed by atoms with Crippen molar-refractivity contribution in [3.05, 3.63) is 45.8 Å². The van der Waals surface area contributed by atoms with Crippen molar-refractivity contribution in [3.63, 3.8) is 0 Å². The fourth-order valence-corrected chi connectivity index (χ4v) is 5.28. The smallest absolute Gasteiger partial charge is 0.305 e. The Morgan fingerprint density at radius 1 is 1.15 bits per heavy atom. The fourth-order valence-electron chi connectivity index (χ4n) is 4.45. The zero-order chi connectivity index (χ0) is 24.1. The second-order valence-corrected chi connectivity index (χ2v) is 9.21. The van der Waals surface area contributed by atoms with Gasteiger partial charge in [0.05, 0.1) is 50.6 Å². The number of benzene rings is 1. The number of hydrogen-bond acceptors (Lipinski definition) is 7. The standard InChI is InChI=1S/C25H31N3O5S/c1-17-23(25(30)26-19-9-16-34-21(19)7-8-22(29)32-3)18-5-4-6-20(31-2)24(18)28(17)11-10-27-12-14-33-15-13-27/h4-6,9,16H,7-8,10-15H2,1-3H3,(H,26,30). The first-order valence-corrected chi connectivity index (χ1v) is 12.3. The Kier molecular flexibility index (Phi) is 7.87. The van der Waals surface area contributed by atoms with Crippen LogP contribution in [0.3, 0.4) is 0 Å². The molecule has 1 amide bonds.